The lowest BCUT2D eigenvalue weighted by Crippen LogP contribution is -2.48. The van der Waals surface area contributed by atoms with Crippen LogP contribution < -0.4 is 4.90 Å². The Hall–Kier alpha value is -2.44. The van der Waals surface area contributed by atoms with Gasteiger partial charge in [-0.15, -0.1) is 0 Å². The van der Waals surface area contributed by atoms with Crippen molar-refractivity contribution in [3.8, 4) is 11.8 Å². The second kappa shape index (κ2) is 7.63. The minimum Gasteiger partial charge on any atom is -0.368 e. The van der Waals surface area contributed by atoms with E-state index in [-0.39, 0.29) is 5.91 Å². The fraction of sp³-hybridized carbons (Fsp3) is 0.286. The van der Waals surface area contributed by atoms with Gasteiger partial charge in [-0.3, -0.25) is 4.79 Å². The highest BCUT2D eigenvalue weighted by atomic mass is 35.5. The van der Waals surface area contributed by atoms with Gasteiger partial charge in [-0.2, -0.15) is 0 Å². The second-order valence-corrected chi connectivity index (χ2v) is 6.76. The minimum absolute atomic E-state index is 0.108. The number of hydrogen-bond donors (Lipinski definition) is 0. The predicted octanol–water partition coefficient (Wildman–Crippen LogP) is 3.66. The molecule has 0 radical (unpaired) electrons. The number of benzene rings is 2. The fourth-order valence-corrected chi connectivity index (χ4v) is 3.08. The molecule has 1 fully saturated rings. The van der Waals surface area contributed by atoms with Crippen molar-refractivity contribution in [2.45, 2.75) is 13.8 Å². The van der Waals surface area contributed by atoms with Crippen molar-refractivity contribution in [3.63, 3.8) is 0 Å². The van der Waals surface area contributed by atoms with Crippen molar-refractivity contribution in [1.29, 1.82) is 0 Å². The zero-order chi connectivity index (χ0) is 17.8. The Morgan fingerprint density at radius 1 is 1.00 bits per heavy atom. The van der Waals surface area contributed by atoms with Crippen molar-refractivity contribution in [1.82, 2.24) is 4.90 Å². The van der Waals surface area contributed by atoms with Crippen LogP contribution in [0.4, 0.5) is 5.69 Å². The molecule has 2 aromatic carbocycles. The number of amides is 1. The first kappa shape index (κ1) is 17.4. The topological polar surface area (TPSA) is 23.6 Å². The van der Waals surface area contributed by atoms with Crippen molar-refractivity contribution >= 4 is 23.2 Å². The first-order chi connectivity index (χ1) is 12.0. The van der Waals surface area contributed by atoms with Gasteiger partial charge in [-0.1, -0.05) is 41.3 Å². The molecule has 1 saturated heterocycles. The number of anilines is 1. The van der Waals surface area contributed by atoms with E-state index in [4.69, 9.17) is 11.6 Å². The smallest absolute Gasteiger partial charge is 0.298 e. The van der Waals surface area contributed by atoms with Gasteiger partial charge in [0.2, 0.25) is 0 Å². The molecule has 128 valence electrons. The minimum atomic E-state index is -0.108. The Labute approximate surface area is 154 Å². The van der Waals surface area contributed by atoms with Gasteiger partial charge in [0.1, 0.15) is 0 Å². The number of hydrogen-bond acceptors (Lipinski definition) is 2. The summed E-state index contributed by atoms with van der Waals surface area (Å²) in [5, 5.41) is 0.739. The SMILES string of the molecule is Cc1ccc(C#CC(=O)N2CCN(c3cc(Cl)ccc3C)CC2)cc1. The zero-order valence-corrected chi connectivity index (χ0v) is 15.3. The summed E-state index contributed by atoms with van der Waals surface area (Å²) in [5.74, 6) is 5.61. The lowest BCUT2D eigenvalue weighted by Gasteiger charge is -2.36. The monoisotopic (exact) mass is 352 g/mol. The van der Waals surface area contributed by atoms with Crippen LogP contribution in [-0.2, 0) is 4.79 Å². The molecule has 0 spiro atoms. The zero-order valence-electron chi connectivity index (χ0n) is 14.6. The molecular weight excluding hydrogens is 332 g/mol. The maximum Gasteiger partial charge on any atom is 0.298 e. The number of halogens is 1. The highest BCUT2D eigenvalue weighted by molar-refractivity contribution is 6.30. The van der Waals surface area contributed by atoms with E-state index in [0.29, 0.717) is 13.1 Å². The van der Waals surface area contributed by atoms with Crippen LogP contribution in [0.25, 0.3) is 0 Å². The van der Waals surface area contributed by atoms with E-state index in [0.717, 1.165) is 29.4 Å². The lowest BCUT2D eigenvalue weighted by atomic mass is 10.1. The quantitative estimate of drug-likeness (QED) is 0.731. The van der Waals surface area contributed by atoms with Gasteiger partial charge in [-0.05, 0) is 43.7 Å². The van der Waals surface area contributed by atoms with E-state index < -0.39 is 0 Å². The van der Waals surface area contributed by atoms with Gasteiger partial charge in [0.25, 0.3) is 5.91 Å². The first-order valence-electron chi connectivity index (χ1n) is 8.41. The molecule has 0 aliphatic carbocycles. The molecule has 0 saturated carbocycles. The van der Waals surface area contributed by atoms with Crippen LogP contribution in [0.3, 0.4) is 0 Å². The van der Waals surface area contributed by atoms with Gasteiger partial charge < -0.3 is 9.80 Å². The molecular formula is C21H21ClN2O. The number of carbonyl (C=O) groups excluding carboxylic acids is 1. The summed E-state index contributed by atoms with van der Waals surface area (Å²) < 4.78 is 0. The number of carbonyl (C=O) groups is 1. The van der Waals surface area contributed by atoms with Gasteiger partial charge in [0.05, 0.1) is 0 Å². The normalized spacial score (nSPS) is 14.0. The molecule has 1 aliphatic rings. The molecule has 0 bridgehead atoms. The third-order valence-electron chi connectivity index (χ3n) is 4.44. The van der Waals surface area contributed by atoms with Gasteiger partial charge in [-0.25, -0.2) is 0 Å². The molecule has 2 aromatic rings. The molecule has 4 heteroatoms. The van der Waals surface area contributed by atoms with Crippen LogP contribution in [-0.4, -0.2) is 37.0 Å². The van der Waals surface area contributed by atoms with Crippen LogP contribution in [0.15, 0.2) is 42.5 Å². The summed E-state index contributed by atoms with van der Waals surface area (Å²) in [7, 11) is 0. The van der Waals surface area contributed by atoms with E-state index in [1.807, 2.05) is 54.3 Å². The highest BCUT2D eigenvalue weighted by Crippen LogP contribution is 2.25. The summed E-state index contributed by atoms with van der Waals surface area (Å²) >= 11 is 6.11. The molecule has 0 N–H and O–H groups in total. The Bertz CT molecular complexity index is 825. The van der Waals surface area contributed by atoms with Gasteiger partial charge in [0, 0.05) is 48.4 Å². The molecule has 25 heavy (non-hydrogen) atoms. The van der Waals surface area contributed by atoms with Crippen LogP contribution in [0.5, 0.6) is 0 Å². The summed E-state index contributed by atoms with van der Waals surface area (Å²) in [6.45, 7) is 7.04. The summed E-state index contributed by atoms with van der Waals surface area (Å²) in [6.07, 6.45) is 0. The standard InChI is InChI=1S/C21H21ClN2O/c1-16-3-6-18(7-4-16)8-10-21(25)24-13-11-23(12-14-24)20-15-19(22)9-5-17(20)2/h3-7,9,15H,11-14H2,1-2H3. The average molecular weight is 353 g/mol. The predicted molar refractivity (Wildman–Crippen MR) is 103 cm³/mol. The van der Waals surface area contributed by atoms with Crippen LogP contribution in [0, 0.1) is 25.7 Å². The van der Waals surface area contributed by atoms with Crippen LogP contribution in [0.1, 0.15) is 16.7 Å². The van der Waals surface area contributed by atoms with E-state index in [1.54, 1.807) is 0 Å². The molecule has 0 aromatic heterocycles. The van der Waals surface area contributed by atoms with Gasteiger partial charge >= 0.3 is 0 Å². The van der Waals surface area contributed by atoms with E-state index in [9.17, 15) is 4.79 Å². The van der Waals surface area contributed by atoms with Crippen LogP contribution in [0.2, 0.25) is 5.02 Å². The molecule has 3 nitrogen and oxygen atoms in total. The Morgan fingerprint density at radius 2 is 1.68 bits per heavy atom. The maximum atomic E-state index is 12.3. The number of nitrogens with zero attached hydrogens (tertiary/aromatic N) is 2. The Balaban J connectivity index is 1.61. The van der Waals surface area contributed by atoms with E-state index in [1.165, 1.54) is 11.1 Å². The third-order valence-corrected chi connectivity index (χ3v) is 4.68. The number of aryl methyl sites for hydroxylation is 2. The molecule has 1 aliphatic heterocycles. The van der Waals surface area contributed by atoms with Crippen molar-refractivity contribution in [3.05, 3.63) is 64.2 Å². The van der Waals surface area contributed by atoms with E-state index >= 15 is 0 Å². The molecule has 0 unspecified atom stereocenters. The molecule has 3 rings (SSSR count). The largest absolute Gasteiger partial charge is 0.368 e. The van der Waals surface area contributed by atoms with Crippen molar-refractivity contribution in [2.75, 3.05) is 31.1 Å². The van der Waals surface area contributed by atoms with Crippen molar-refractivity contribution in [2.24, 2.45) is 0 Å². The van der Waals surface area contributed by atoms with Gasteiger partial charge in [0.15, 0.2) is 0 Å². The summed E-state index contributed by atoms with van der Waals surface area (Å²) in [4.78, 5) is 16.4. The van der Waals surface area contributed by atoms with Crippen molar-refractivity contribution < 1.29 is 4.79 Å². The first-order valence-corrected chi connectivity index (χ1v) is 8.79. The Kier molecular flexibility index (Phi) is 5.31. The molecule has 1 heterocycles. The highest BCUT2D eigenvalue weighted by Gasteiger charge is 2.21. The average Bonchev–Trinajstić information content (AvgIpc) is 2.63. The molecule has 1 amide bonds. The van der Waals surface area contributed by atoms with Crippen LogP contribution >= 0.6 is 11.6 Å². The number of rotatable bonds is 1. The van der Waals surface area contributed by atoms with E-state index in [2.05, 4.69) is 23.7 Å². The third kappa shape index (κ3) is 4.35. The lowest BCUT2D eigenvalue weighted by molar-refractivity contribution is -0.125. The Morgan fingerprint density at radius 3 is 2.36 bits per heavy atom. The molecule has 0 atom stereocenters. The number of piperazine rings is 1. The maximum absolute atomic E-state index is 12.3. The summed E-state index contributed by atoms with van der Waals surface area (Å²) in [6, 6.07) is 13.8. The summed E-state index contributed by atoms with van der Waals surface area (Å²) in [5.41, 5.74) is 4.39. The second-order valence-electron chi connectivity index (χ2n) is 6.33. The fourth-order valence-electron chi connectivity index (χ4n) is 2.92.